The predicted octanol–water partition coefficient (Wildman–Crippen LogP) is 1.99. The number of aliphatic hydroxyl groups excluding tert-OH is 1. The number of furan rings is 1. The molecule has 4 nitrogen and oxygen atoms in total. The van der Waals surface area contributed by atoms with Crippen LogP contribution in [-0.2, 0) is 0 Å². The summed E-state index contributed by atoms with van der Waals surface area (Å²) < 4.78 is 18.5. The van der Waals surface area contributed by atoms with Crippen molar-refractivity contribution in [2.24, 2.45) is 0 Å². The molecule has 0 aliphatic heterocycles. The van der Waals surface area contributed by atoms with Crippen molar-refractivity contribution < 1.29 is 18.7 Å². The van der Waals surface area contributed by atoms with E-state index in [1.807, 2.05) is 0 Å². The van der Waals surface area contributed by atoms with Gasteiger partial charge in [0.05, 0.1) is 6.10 Å². The SMILES string of the molecule is Cc1c(C(=O)NCC(C)O)oc2ccc(F)cc12. The van der Waals surface area contributed by atoms with E-state index in [4.69, 9.17) is 9.52 Å². The summed E-state index contributed by atoms with van der Waals surface area (Å²) in [4.78, 5) is 11.8. The summed E-state index contributed by atoms with van der Waals surface area (Å²) in [7, 11) is 0. The molecule has 96 valence electrons. The zero-order chi connectivity index (χ0) is 13.3. The lowest BCUT2D eigenvalue weighted by Crippen LogP contribution is -2.30. The number of fused-ring (bicyclic) bond motifs is 1. The Labute approximate surface area is 103 Å². The largest absolute Gasteiger partial charge is 0.451 e. The molecule has 0 radical (unpaired) electrons. The molecule has 1 atom stereocenters. The Morgan fingerprint density at radius 3 is 2.94 bits per heavy atom. The molecule has 1 amide bonds. The first-order chi connectivity index (χ1) is 8.49. The van der Waals surface area contributed by atoms with Gasteiger partial charge >= 0.3 is 0 Å². The number of halogens is 1. The molecule has 1 aromatic carbocycles. The normalized spacial score (nSPS) is 12.7. The van der Waals surface area contributed by atoms with E-state index in [2.05, 4.69) is 5.32 Å². The lowest BCUT2D eigenvalue weighted by Gasteiger charge is -2.05. The molecule has 5 heteroatoms. The van der Waals surface area contributed by atoms with Crippen LogP contribution in [0.25, 0.3) is 11.0 Å². The van der Waals surface area contributed by atoms with E-state index < -0.39 is 12.0 Å². The van der Waals surface area contributed by atoms with Gasteiger partial charge in [0.15, 0.2) is 5.76 Å². The van der Waals surface area contributed by atoms with Crippen molar-refractivity contribution in [3.8, 4) is 0 Å². The quantitative estimate of drug-likeness (QED) is 0.876. The average Bonchev–Trinajstić information content (AvgIpc) is 2.64. The highest BCUT2D eigenvalue weighted by atomic mass is 19.1. The van der Waals surface area contributed by atoms with Crippen LogP contribution in [-0.4, -0.2) is 23.7 Å². The first-order valence-corrected chi connectivity index (χ1v) is 5.64. The fourth-order valence-corrected chi connectivity index (χ4v) is 1.73. The lowest BCUT2D eigenvalue weighted by molar-refractivity contribution is 0.0898. The third kappa shape index (κ3) is 2.36. The van der Waals surface area contributed by atoms with E-state index >= 15 is 0 Å². The Morgan fingerprint density at radius 1 is 1.56 bits per heavy atom. The summed E-state index contributed by atoms with van der Waals surface area (Å²) in [5, 5.41) is 12.2. The van der Waals surface area contributed by atoms with E-state index in [0.717, 1.165) is 0 Å². The van der Waals surface area contributed by atoms with Crippen molar-refractivity contribution in [3.05, 3.63) is 35.3 Å². The molecule has 0 aliphatic rings. The highest BCUT2D eigenvalue weighted by Crippen LogP contribution is 2.25. The smallest absolute Gasteiger partial charge is 0.287 e. The summed E-state index contributed by atoms with van der Waals surface area (Å²) in [6, 6.07) is 4.10. The number of amides is 1. The highest BCUT2D eigenvalue weighted by Gasteiger charge is 2.17. The Morgan fingerprint density at radius 2 is 2.28 bits per heavy atom. The number of carbonyl (C=O) groups excluding carboxylic acids is 1. The standard InChI is InChI=1S/C13H14FNO3/c1-7(16)6-15-13(17)12-8(2)10-5-9(14)3-4-11(10)18-12/h3-5,7,16H,6H2,1-2H3,(H,15,17). The third-order valence-electron chi connectivity index (χ3n) is 2.66. The van der Waals surface area contributed by atoms with E-state index in [9.17, 15) is 9.18 Å². The molecule has 0 fully saturated rings. The van der Waals surface area contributed by atoms with Gasteiger partial charge in [-0.05, 0) is 32.0 Å². The molecule has 2 aromatic rings. The van der Waals surface area contributed by atoms with Gasteiger partial charge in [-0.2, -0.15) is 0 Å². The number of hydrogen-bond donors (Lipinski definition) is 2. The molecule has 0 aliphatic carbocycles. The molecule has 0 saturated heterocycles. The second-order valence-electron chi connectivity index (χ2n) is 4.26. The molecule has 1 unspecified atom stereocenters. The number of hydrogen-bond acceptors (Lipinski definition) is 3. The van der Waals surface area contributed by atoms with E-state index in [0.29, 0.717) is 16.5 Å². The monoisotopic (exact) mass is 251 g/mol. The van der Waals surface area contributed by atoms with E-state index in [-0.39, 0.29) is 18.1 Å². The summed E-state index contributed by atoms with van der Waals surface area (Å²) >= 11 is 0. The minimum atomic E-state index is -0.629. The van der Waals surface area contributed by atoms with Gasteiger partial charge in [-0.15, -0.1) is 0 Å². The molecule has 2 rings (SSSR count). The number of nitrogens with one attached hydrogen (secondary N) is 1. The molecule has 1 heterocycles. The lowest BCUT2D eigenvalue weighted by atomic mass is 10.1. The molecule has 0 saturated carbocycles. The summed E-state index contributed by atoms with van der Waals surface area (Å²) in [5.74, 6) is -0.636. The van der Waals surface area contributed by atoms with Crippen molar-refractivity contribution >= 4 is 16.9 Å². The van der Waals surface area contributed by atoms with Crippen molar-refractivity contribution in [1.82, 2.24) is 5.32 Å². The van der Waals surface area contributed by atoms with Crippen LogP contribution in [0, 0.1) is 12.7 Å². The second kappa shape index (κ2) is 4.78. The van der Waals surface area contributed by atoms with Crippen LogP contribution in [0.2, 0.25) is 0 Å². The van der Waals surface area contributed by atoms with Crippen LogP contribution in [0.5, 0.6) is 0 Å². The summed E-state index contributed by atoms with van der Waals surface area (Å²) in [5.41, 5.74) is 1.06. The van der Waals surface area contributed by atoms with Crippen LogP contribution < -0.4 is 5.32 Å². The maximum atomic E-state index is 13.1. The number of benzene rings is 1. The number of aryl methyl sites for hydroxylation is 1. The summed E-state index contributed by atoms with van der Waals surface area (Å²) in [6.45, 7) is 3.41. The zero-order valence-corrected chi connectivity index (χ0v) is 10.2. The first-order valence-electron chi connectivity index (χ1n) is 5.64. The van der Waals surface area contributed by atoms with Crippen LogP contribution >= 0.6 is 0 Å². The van der Waals surface area contributed by atoms with Gasteiger partial charge < -0.3 is 14.8 Å². The zero-order valence-electron chi connectivity index (χ0n) is 10.2. The molecular weight excluding hydrogens is 237 g/mol. The maximum Gasteiger partial charge on any atom is 0.287 e. The Balaban J connectivity index is 2.34. The predicted molar refractivity (Wildman–Crippen MR) is 64.9 cm³/mol. The fraction of sp³-hybridized carbons (Fsp3) is 0.308. The first kappa shape index (κ1) is 12.6. The van der Waals surface area contributed by atoms with Gasteiger partial charge in [-0.25, -0.2) is 4.39 Å². The molecule has 0 bridgehead atoms. The third-order valence-corrected chi connectivity index (χ3v) is 2.66. The average molecular weight is 251 g/mol. The second-order valence-corrected chi connectivity index (χ2v) is 4.26. The van der Waals surface area contributed by atoms with Gasteiger partial charge in [-0.3, -0.25) is 4.79 Å². The Kier molecular flexibility index (Phi) is 3.34. The van der Waals surface area contributed by atoms with E-state index in [1.165, 1.54) is 18.2 Å². The molecular formula is C13H14FNO3. The minimum Gasteiger partial charge on any atom is -0.451 e. The molecule has 18 heavy (non-hydrogen) atoms. The van der Waals surface area contributed by atoms with Crippen LogP contribution in [0.15, 0.2) is 22.6 Å². The molecule has 1 aromatic heterocycles. The van der Waals surface area contributed by atoms with Gasteiger partial charge in [0.25, 0.3) is 5.91 Å². The van der Waals surface area contributed by atoms with Gasteiger partial charge in [0.1, 0.15) is 11.4 Å². The van der Waals surface area contributed by atoms with Crippen LogP contribution in [0.4, 0.5) is 4.39 Å². The highest BCUT2D eigenvalue weighted by molar-refractivity contribution is 5.98. The topological polar surface area (TPSA) is 62.5 Å². The number of carbonyl (C=O) groups is 1. The maximum absolute atomic E-state index is 13.1. The van der Waals surface area contributed by atoms with Crippen LogP contribution in [0.1, 0.15) is 23.0 Å². The molecule has 0 spiro atoms. The van der Waals surface area contributed by atoms with Crippen LogP contribution in [0.3, 0.4) is 0 Å². The van der Waals surface area contributed by atoms with Crippen molar-refractivity contribution in [1.29, 1.82) is 0 Å². The number of aliphatic hydroxyl groups is 1. The van der Waals surface area contributed by atoms with E-state index in [1.54, 1.807) is 13.8 Å². The van der Waals surface area contributed by atoms with Crippen molar-refractivity contribution in [3.63, 3.8) is 0 Å². The summed E-state index contributed by atoms with van der Waals surface area (Å²) in [6.07, 6.45) is -0.629. The van der Waals surface area contributed by atoms with Gasteiger partial charge in [-0.1, -0.05) is 0 Å². The van der Waals surface area contributed by atoms with Crippen molar-refractivity contribution in [2.75, 3.05) is 6.54 Å². The number of rotatable bonds is 3. The Bertz CT molecular complexity index is 589. The Hall–Kier alpha value is -1.88. The van der Waals surface area contributed by atoms with Crippen molar-refractivity contribution in [2.45, 2.75) is 20.0 Å². The van der Waals surface area contributed by atoms with Gasteiger partial charge in [0.2, 0.25) is 0 Å². The fourth-order valence-electron chi connectivity index (χ4n) is 1.73. The minimum absolute atomic E-state index is 0.143. The molecule has 2 N–H and O–H groups in total. The van der Waals surface area contributed by atoms with Gasteiger partial charge in [0, 0.05) is 17.5 Å².